The van der Waals surface area contributed by atoms with Crippen molar-refractivity contribution in [3.8, 4) is 11.4 Å². The molecule has 3 rings (SSSR count). The molecule has 8 heteroatoms. The molecule has 0 saturated heterocycles. The summed E-state index contributed by atoms with van der Waals surface area (Å²) in [5.41, 5.74) is 3.70. The van der Waals surface area contributed by atoms with Gasteiger partial charge in [-0.05, 0) is 54.1 Å². The summed E-state index contributed by atoms with van der Waals surface area (Å²) >= 11 is 1.26. The second-order valence-corrected chi connectivity index (χ2v) is 6.69. The number of ether oxygens (including phenoxy) is 1. The number of nitrogens with one attached hydrogen (secondary N) is 1. The van der Waals surface area contributed by atoms with E-state index >= 15 is 0 Å². The highest BCUT2D eigenvalue weighted by atomic mass is 32.2. The van der Waals surface area contributed by atoms with Crippen molar-refractivity contribution in [2.45, 2.75) is 19.0 Å². The highest BCUT2D eigenvalue weighted by Crippen LogP contribution is 2.27. The molecule has 1 aromatic heterocycles. The van der Waals surface area contributed by atoms with Crippen LogP contribution in [0.4, 0.5) is 5.69 Å². The second kappa shape index (κ2) is 8.01. The Morgan fingerprint density at radius 3 is 2.62 bits per heavy atom. The summed E-state index contributed by atoms with van der Waals surface area (Å²) in [6, 6.07) is 13.4. The number of benzene rings is 2. The van der Waals surface area contributed by atoms with Crippen molar-refractivity contribution in [3.05, 3.63) is 53.6 Å². The van der Waals surface area contributed by atoms with Crippen LogP contribution in [-0.4, -0.2) is 39.0 Å². The van der Waals surface area contributed by atoms with Crippen molar-refractivity contribution in [1.29, 1.82) is 0 Å². The lowest BCUT2D eigenvalue weighted by Crippen LogP contribution is -2.14. The van der Waals surface area contributed by atoms with E-state index in [0.29, 0.717) is 10.9 Å². The maximum absolute atomic E-state index is 12.2. The summed E-state index contributed by atoms with van der Waals surface area (Å²) in [4.78, 5) is 12.2. The van der Waals surface area contributed by atoms with Crippen LogP contribution in [0.2, 0.25) is 0 Å². The molecule has 1 heterocycles. The fraction of sp³-hybridized carbons (Fsp3) is 0.222. The standard InChI is InChI=1S/C18H19N5O2S/c1-12-4-7-14(8-5-12)19-17(24)11-26-18-20-21-22-23(18)15-10-13(2)6-9-16(15)25-3/h4-10H,11H2,1-3H3,(H,19,24). The van der Waals surface area contributed by atoms with Gasteiger partial charge in [0, 0.05) is 5.69 Å². The molecule has 0 aliphatic heterocycles. The molecule has 0 fully saturated rings. The molecule has 0 aliphatic carbocycles. The van der Waals surface area contributed by atoms with Crippen LogP contribution in [-0.2, 0) is 4.79 Å². The van der Waals surface area contributed by atoms with Crippen LogP contribution in [0.25, 0.3) is 5.69 Å². The molecule has 2 aromatic carbocycles. The van der Waals surface area contributed by atoms with Gasteiger partial charge in [0.05, 0.1) is 12.9 Å². The maximum Gasteiger partial charge on any atom is 0.234 e. The van der Waals surface area contributed by atoms with Gasteiger partial charge in [0.25, 0.3) is 0 Å². The lowest BCUT2D eigenvalue weighted by Gasteiger charge is -2.10. The number of carbonyl (C=O) groups is 1. The molecule has 134 valence electrons. The summed E-state index contributed by atoms with van der Waals surface area (Å²) < 4.78 is 6.97. The van der Waals surface area contributed by atoms with Crippen LogP contribution >= 0.6 is 11.8 Å². The Kier molecular flexibility index (Phi) is 5.52. The van der Waals surface area contributed by atoms with Gasteiger partial charge in [-0.2, -0.15) is 4.68 Å². The van der Waals surface area contributed by atoms with Crippen molar-refractivity contribution >= 4 is 23.4 Å². The Bertz CT molecular complexity index is 908. The highest BCUT2D eigenvalue weighted by molar-refractivity contribution is 7.99. The molecular weight excluding hydrogens is 350 g/mol. The highest BCUT2D eigenvalue weighted by Gasteiger charge is 2.15. The van der Waals surface area contributed by atoms with Gasteiger partial charge in [-0.3, -0.25) is 4.79 Å². The quantitative estimate of drug-likeness (QED) is 0.673. The predicted molar refractivity (Wildman–Crippen MR) is 101 cm³/mol. The van der Waals surface area contributed by atoms with Crippen molar-refractivity contribution in [2.75, 3.05) is 18.2 Å². The SMILES string of the molecule is COc1ccc(C)cc1-n1nnnc1SCC(=O)Nc1ccc(C)cc1. The van der Waals surface area contributed by atoms with Gasteiger partial charge in [0.15, 0.2) is 0 Å². The lowest BCUT2D eigenvalue weighted by atomic mass is 10.2. The van der Waals surface area contributed by atoms with Gasteiger partial charge in [-0.25, -0.2) is 0 Å². The first-order valence-electron chi connectivity index (χ1n) is 7.99. The van der Waals surface area contributed by atoms with Gasteiger partial charge >= 0.3 is 0 Å². The number of thioether (sulfide) groups is 1. The number of methoxy groups -OCH3 is 1. The van der Waals surface area contributed by atoms with Crippen LogP contribution in [0.5, 0.6) is 5.75 Å². The Morgan fingerprint density at radius 1 is 1.15 bits per heavy atom. The summed E-state index contributed by atoms with van der Waals surface area (Å²) in [6.07, 6.45) is 0. The zero-order valence-electron chi connectivity index (χ0n) is 14.8. The van der Waals surface area contributed by atoms with Crippen LogP contribution in [0.3, 0.4) is 0 Å². The predicted octanol–water partition coefficient (Wildman–Crippen LogP) is 3.02. The topological polar surface area (TPSA) is 81.9 Å². The van der Waals surface area contributed by atoms with Gasteiger partial charge in [0.1, 0.15) is 11.4 Å². The van der Waals surface area contributed by atoms with E-state index in [0.717, 1.165) is 22.5 Å². The fourth-order valence-corrected chi connectivity index (χ4v) is 3.03. The van der Waals surface area contributed by atoms with E-state index in [4.69, 9.17) is 4.74 Å². The molecule has 0 atom stereocenters. The van der Waals surface area contributed by atoms with E-state index < -0.39 is 0 Å². The van der Waals surface area contributed by atoms with Crippen molar-refractivity contribution < 1.29 is 9.53 Å². The number of nitrogens with zero attached hydrogens (tertiary/aromatic N) is 4. The average molecular weight is 369 g/mol. The van der Waals surface area contributed by atoms with E-state index in [1.54, 1.807) is 11.8 Å². The molecule has 0 unspecified atom stereocenters. The maximum atomic E-state index is 12.2. The number of anilines is 1. The number of tetrazole rings is 1. The lowest BCUT2D eigenvalue weighted by molar-refractivity contribution is -0.113. The Morgan fingerprint density at radius 2 is 1.88 bits per heavy atom. The van der Waals surface area contributed by atoms with Crippen LogP contribution in [0, 0.1) is 13.8 Å². The van der Waals surface area contributed by atoms with Crippen molar-refractivity contribution in [3.63, 3.8) is 0 Å². The van der Waals surface area contributed by atoms with Crippen LogP contribution in [0.15, 0.2) is 47.6 Å². The summed E-state index contributed by atoms with van der Waals surface area (Å²) in [7, 11) is 1.60. The first-order chi connectivity index (χ1) is 12.6. The Balaban J connectivity index is 1.70. The molecule has 0 aliphatic rings. The third kappa shape index (κ3) is 4.20. The zero-order valence-corrected chi connectivity index (χ0v) is 15.6. The minimum Gasteiger partial charge on any atom is -0.494 e. The van der Waals surface area contributed by atoms with Crippen molar-refractivity contribution in [1.82, 2.24) is 20.2 Å². The minimum absolute atomic E-state index is 0.121. The molecular formula is C18H19N5O2S. The molecule has 0 saturated carbocycles. The molecule has 3 aromatic rings. The summed E-state index contributed by atoms with van der Waals surface area (Å²) in [5.74, 6) is 0.737. The second-order valence-electron chi connectivity index (χ2n) is 5.75. The third-order valence-corrected chi connectivity index (χ3v) is 4.59. The smallest absolute Gasteiger partial charge is 0.234 e. The number of amides is 1. The first-order valence-corrected chi connectivity index (χ1v) is 8.98. The summed E-state index contributed by atoms with van der Waals surface area (Å²) in [5, 5.41) is 15.2. The number of hydrogen-bond acceptors (Lipinski definition) is 6. The van der Waals surface area contributed by atoms with E-state index in [9.17, 15) is 4.79 Å². The van der Waals surface area contributed by atoms with E-state index in [-0.39, 0.29) is 11.7 Å². The Labute approximate surface area is 155 Å². The monoisotopic (exact) mass is 369 g/mol. The van der Waals surface area contributed by atoms with E-state index in [1.165, 1.54) is 11.8 Å². The molecule has 0 bridgehead atoms. The first kappa shape index (κ1) is 17.9. The van der Waals surface area contributed by atoms with E-state index in [1.807, 2.05) is 56.3 Å². The van der Waals surface area contributed by atoms with Gasteiger partial charge in [0.2, 0.25) is 11.1 Å². The average Bonchev–Trinajstić information content (AvgIpc) is 3.10. The zero-order chi connectivity index (χ0) is 18.5. The molecule has 1 amide bonds. The number of hydrogen-bond donors (Lipinski definition) is 1. The molecule has 7 nitrogen and oxygen atoms in total. The molecule has 1 N–H and O–H groups in total. The van der Waals surface area contributed by atoms with Crippen molar-refractivity contribution in [2.24, 2.45) is 0 Å². The van der Waals surface area contributed by atoms with Gasteiger partial charge in [-0.15, -0.1) is 5.10 Å². The number of aromatic nitrogens is 4. The number of rotatable bonds is 6. The summed E-state index contributed by atoms with van der Waals surface area (Å²) in [6.45, 7) is 3.98. The Hall–Kier alpha value is -2.87. The normalized spacial score (nSPS) is 10.6. The van der Waals surface area contributed by atoms with Gasteiger partial charge in [-0.1, -0.05) is 35.5 Å². The van der Waals surface area contributed by atoms with Crippen LogP contribution in [0.1, 0.15) is 11.1 Å². The minimum atomic E-state index is -0.121. The largest absolute Gasteiger partial charge is 0.494 e. The fourth-order valence-electron chi connectivity index (χ4n) is 2.35. The third-order valence-electron chi connectivity index (χ3n) is 3.67. The molecule has 26 heavy (non-hydrogen) atoms. The van der Waals surface area contributed by atoms with Crippen LogP contribution < -0.4 is 10.1 Å². The molecule has 0 radical (unpaired) electrons. The molecule has 0 spiro atoms. The number of aryl methyl sites for hydroxylation is 2. The van der Waals surface area contributed by atoms with E-state index in [2.05, 4.69) is 20.8 Å². The number of carbonyl (C=O) groups excluding carboxylic acids is 1. The van der Waals surface area contributed by atoms with Gasteiger partial charge < -0.3 is 10.1 Å².